The molecule has 29 heavy (non-hydrogen) atoms. The van der Waals surface area contributed by atoms with Gasteiger partial charge in [-0.3, -0.25) is 9.59 Å². The number of carbonyl (C=O) groups is 3. The van der Waals surface area contributed by atoms with Crippen molar-refractivity contribution in [3.05, 3.63) is 71.8 Å². The van der Waals surface area contributed by atoms with Gasteiger partial charge in [-0.2, -0.15) is 0 Å². The first-order valence-corrected chi connectivity index (χ1v) is 9.53. The summed E-state index contributed by atoms with van der Waals surface area (Å²) in [5, 5.41) is 0. The monoisotopic (exact) mass is 396 g/mol. The molecule has 2 aromatic carbocycles. The summed E-state index contributed by atoms with van der Waals surface area (Å²) in [6.07, 6.45) is 0. The number of amides is 4. The second kappa shape index (κ2) is 8.98. The summed E-state index contributed by atoms with van der Waals surface area (Å²) in [4.78, 5) is 42.4. The molecule has 0 saturated carbocycles. The number of hydrogen-bond acceptors (Lipinski definition) is 5. The third kappa shape index (κ3) is 3.54. The Bertz CT molecular complexity index is 798. The molecule has 7 nitrogen and oxygen atoms in total. The summed E-state index contributed by atoms with van der Waals surface area (Å²) in [5.41, 5.74) is -0.738. The molecule has 0 radical (unpaired) electrons. The Hall–Kier alpha value is -3.03. The summed E-state index contributed by atoms with van der Waals surface area (Å²) in [5.74, 6) is -1.27. The molecule has 152 valence electrons. The summed E-state index contributed by atoms with van der Waals surface area (Å²) in [6, 6.07) is 16.8. The minimum absolute atomic E-state index is 0.245. The van der Waals surface area contributed by atoms with Gasteiger partial charge in [0.1, 0.15) is 13.5 Å². The Labute approximate surface area is 169 Å². The fourth-order valence-corrected chi connectivity index (χ4v) is 3.45. The predicted molar refractivity (Wildman–Crippen MR) is 106 cm³/mol. The molecule has 0 bridgehead atoms. The molecule has 1 fully saturated rings. The van der Waals surface area contributed by atoms with E-state index in [2.05, 4.69) is 0 Å². The second-order valence-corrected chi connectivity index (χ2v) is 6.47. The van der Waals surface area contributed by atoms with Gasteiger partial charge in [-0.25, -0.2) is 14.6 Å². The van der Waals surface area contributed by atoms with E-state index in [1.807, 2.05) is 0 Å². The molecule has 0 atom stereocenters. The number of carbonyl (C=O) groups excluding carboxylic acids is 3. The number of nitrogens with zero attached hydrogens (tertiary/aromatic N) is 2. The summed E-state index contributed by atoms with van der Waals surface area (Å²) in [7, 11) is 0. The van der Waals surface area contributed by atoms with E-state index in [-0.39, 0.29) is 13.5 Å². The SMILES string of the molecule is CCOCN1C(=O)N(COCC)C(=O)C(c2ccccc2)(c2ccccc2)C1=O. The van der Waals surface area contributed by atoms with Crippen LogP contribution in [0.5, 0.6) is 0 Å². The van der Waals surface area contributed by atoms with Gasteiger partial charge in [-0.1, -0.05) is 60.7 Å². The predicted octanol–water partition coefficient (Wildman–Crippen LogP) is 2.75. The largest absolute Gasteiger partial charge is 0.361 e. The van der Waals surface area contributed by atoms with Crippen molar-refractivity contribution in [3.8, 4) is 0 Å². The van der Waals surface area contributed by atoms with Crippen molar-refractivity contribution in [2.24, 2.45) is 0 Å². The van der Waals surface area contributed by atoms with Crippen LogP contribution in [0.2, 0.25) is 0 Å². The van der Waals surface area contributed by atoms with Gasteiger partial charge in [0.15, 0.2) is 5.41 Å². The lowest BCUT2D eigenvalue weighted by Gasteiger charge is -2.44. The number of ether oxygens (including phenoxy) is 2. The molecule has 7 heteroatoms. The maximum Gasteiger partial charge on any atom is 0.337 e. The van der Waals surface area contributed by atoms with E-state index in [0.717, 1.165) is 9.80 Å². The molecule has 0 spiro atoms. The van der Waals surface area contributed by atoms with Crippen molar-refractivity contribution < 1.29 is 23.9 Å². The van der Waals surface area contributed by atoms with Crippen molar-refractivity contribution >= 4 is 17.8 Å². The smallest absolute Gasteiger partial charge is 0.337 e. The van der Waals surface area contributed by atoms with E-state index < -0.39 is 23.3 Å². The molecule has 3 rings (SSSR count). The standard InChI is InChI=1S/C22H24N2O5/c1-3-28-15-23-19(25)22(17-11-7-5-8-12-17,18-13-9-6-10-14-18)20(26)24(21(23)27)16-29-4-2/h5-14H,3-4,15-16H2,1-2H3. The highest BCUT2D eigenvalue weighted by Gasteiger charge is 2.59. The van der Waals surface area contributed by atoms with Crippen LogP contribution >= 0.6 is 0 Å². The first-order valence-electron chi connectivity index (χ1n) is 9.53. The van der Waals surface area contributed by atoms with Gasteiger partial charge in [-0.05, 0) is 25.0 Å². The van der Waals surface area contributed by atoms with Gasteiger partial charge < -0.3 is 9.47 Å². The maximum atomic E-state index is 13.7. The molecule has 1 saturated heterocycles. The van der Waals surface area contributed by atoms with Crippen molar-refractivity contribution in [2.45, 2.75) is 19.3 Å². The normalized spacial score (nSPS) is 16.4. The van der Waals surface area contributed by atoms with E-state index in [1.165, 1.54) is 0 Å². The lowest BCUT2D eigenvalue weighted by molar-refractivity contribution is -0.156. The highest BCUT2D eigenvalue weighted by atomic mass is 16.5. The average molecular weight is 396 g/mol. The molecular weight excluding hydrogens is 372 g/mol. The highest BCUT2D eigenvalue weighted by Crippen LogP contribution is 2.39. The van der Waals surface area contributed by atoms with Crippen LogP contribution in [-0.2, 0) is 24.5 Å². The number of hydrogen-bond donors (Lipinski definition) is 0. The minimum Gasteiger partial charge on any atom is -0.361 e. The van der Waals surface area contributed by atoms with Crippen molar-refractivity contribution in [2.75, 3.05) is 26.7 Å². The fraction of sp³-hybridized carbons (Fsp3) is 0.318. The average Bonchev–Trinajstić information content (AvgIpc) is 2.76. The van der Waals surface area contributed by atoms with E-state index in [1.54, 1.807) is 74.5 Å². The molecule has 2 aromatic rings. The highest BCUT2D eigenvalue weighted by molar-refractivity contribution is 6.24. The van der Waals surface area contributed by atoms with Crippen molar-refractivity contribution in [1.29, 1.82) is 0 Å². The molecule has 0 aliphatic carbocycles. The van der Waals surface area contributed by atoms with Crippen LogP contribution in [0.3, 0.4) is 0 Å². The molecule has 4 amide bonds. The Morgan fingerprint density at radius 1 is 0.690 bits per heavy atom. The zero-order valence-corrected chi connectivity index (χ0v) is 16.5. The Kier molecular flexibility index (Phi) is 6.41. The number of benzene rings is 2. The van der Waals surface area contributed by atoms with Crippen LogP contribution in [-0.4, -0.2) is 54.3 Å². The van der Waals surface area contributed by atoms with Crippen LogP contribution in [0.15, 0.2) is 60.7 Å². The van der Waals surface area contributed by atoms with Gasteiger partial charge in [0.25, 0.3) is 11.8 Å². The minimum atomic E-state index is -1.70. The maximum absolute atomic E-state index is 13.7. The molecule has 0 N–H and O–H groups in total. The van der Waals surface area contributed by atoms with Gasteiger partial charge in [-0.15, -0.1) is 0 Å². The summed E-state index contributed by atoms with van der Waals surface area (Å²) >= 11 is 0. The Balaban J connectivity index is 2.24. The van der Waals surface area contributed by atoms with Crippen LogP contribution in [0.25, 0.3) is 0 Å². The fourth-order valence-electron chi connectivity index (χ4n) is 3.45. The third-order valence-electron chi connectivity index (χ3n) is 4.86. The molecule has 1 heterocycles. The number of urea groups is 1. The van der Waals surface area contributed by atoms with Gasteiger partial charge in [0.05, 0.1) is 0 Å². The number of imide groups is 2. The quantitative estimate of drug-likeness (QED) is 0.642. The zero-order chi connectivity index (χ0) is 20.9. The molecule has 0 unspecified atom stereocenters. The van der Waals surface area contributed by atoms with E-state index in [9.17, 15) is 14.4 Å². The first-order chi connectivity index (χ1) is 14.1. The topological polar surface area (TPSA) is 76.2 Å². The lowest BCUT2D eigenvalue weighted by atomic mass is 9.71. The molecule has 1 aliphatic rings. The second-order valence-electron chi connectivity index (χ2n) is 6.47. The van der Waals surface area contributed by atoms with Crippen molar-refractivity contribution in [1.82, 2.24) is 9.80 Å². The number of barbiturate groups is 1. The molecular formula is C22H24N2O5. The zero-order valence-electron chi connectivity index (χ0n) is 16.5. The van der Waals surface area contributed by atoms with E-state index >= 15 is 0 Å². The summed E-state index contributed by atoms with van der Waals surface area (Å²) in [6.45, 7) is 3.69. The Morgan fingerprint density at radius 2 is 1.07 bits per heavy atom. The summed E-state index contributed by atoms with van der Waals surface area (Å²) < 4.78 is 10.7. The van der Waals surface area contributed by atoms with Crippen LogP contribution < -0.4 is 0 Å². The lowest BCUT2D eigenvalue weighted by Crippen LogP contribution is -2.68. The first kappa shape index (κ1) is 20.7. The van der Waals surface area contributed by atoms with Gasteiger partial charge >= 0.3 is 6.03 Å². The molecule has 1 aliphatic heterocycles. The molecule has 0 aromatic heterocycles. The van der Waals surface area contributed by atoms with Gasteiger partial charge in [0.2, 0.25) is 0 Å². The van der Waals surface area contributed by atoms with Crippen LogP contribution in [0.4, 0.5) is 4.79 Å². The van der Waals surface area contributed by atoms with Crippen LogP contribution in [0, 0.1) is 0 Å². The van der Waals surface area contributed by atoms with E-state index in [0.29, 0.717) is 24.3 Å². The third-order valence-corrected chi connectivity index (χ3v) is 4.86. The van der Waals surface area contributed by atoms with Crippen LogP contribution in [0.1, 0.15) is 25.0 Å². The van der Waals surface area contributed by atoms with Gasteiger partial charge in [0, 0.05) is 13.2 Å². The van der Waals surface area contributed by atoms with Crippen molar-refractivity contribution in [3.63, 3.8) is 0 Å². The number of rotatable bonds is 8. The Morgan fingerprint density at radius 3 is 1.41 bits per heavy atom. The van der Waals surface area contributed by atoms with E-state index in [4.69, 9.17) is 9.47 Å².